The van der Waals surface area contributed by atoms with Gasteiger partial charge >= 0.3 is 5.97 Å². The molecular formula is C22H26N2O3. The van der Waals surface area contributed by atoms with Gasteiger partial charge in [0.1, 0.15) is 0 Å². The monoisotopic (exact) mass is 366 g/mol. The van der Waals surface area contributed by atoms with Crippen molar-refractivity contribution in [1.82, 2.24) is 9.80 Å². The lowest BCUT2D eigenvalue weighted by Crippen LogP contribution is -2.57. The Morgan fingerprint density at radius 2 is 1.48 bits per heavy atom. The first-order chi connectivity index (χ1) is 13.0. The average Bonchev–Trinajstić information content (AvgIpc) is 2.70. The van der Waals surface area contributed by atoms with Gasteiger partial charge in [0, 0.05) is 37.3 Å². The highest BCUT2D eigenvalue weighted by Gasteiger charge is 2.32. The largest absolute Gasteiger partial charge is 0.465 e. The van der Waals surface area contributed by atoms with E-state index < -0.39 is 5.97 Å². The molecule has 0 unspecified atom stereocenters. The average molecular weight is 366 g/mol. The molecule has 2 aromatic rings. The number of amides is 1. The van der Waals surface area contributed by atoms with E-state index in [9.17, 15) is 9.59 Å². The molecular weight excluding hydrogens is 340 g/mol. The zero-order chi connectivity index (χ0) is 19.4. The third-order valence-electron chi connectivity index (χ3n) is 5.15. The second-order valence-electron chi connectivity index (χ2n) is 7.14. The van der Waals surface area contributed by atoms with Crippen molar-refractivity contribution < 1.29 is 14.3 Å². The Kier molecular flexibility index (Phi) is 5.91. The van der Waals surface area contributed by atoms with Crippen molar-refractivity contribution in [3.63, 3.8) is 0 Å². The highest BCUT2D eigenvalue weighted by atomic mass is 16.5. The van der Waals surface area contributed by atoms with E-state index in [1.807, 2.05) is 11.0 Å². The normalized spacial score (nSPS) is 20.3. The maximum atomic E-state index is 12.9. The van der Waals surface area contributed by atoms with Crippen LogP contribution < -0.4 is 0 Å². The van der Waals surface area contributed by atoms with E-state index in [1.54, 1.807) is 24.3 Å². The first kappa shape index (κ1) is 19.1. The van der Waals surface area contributed by atoms with Crippen LogP contribution in [-0.2, 0) is 11.3 Å². The van der Waals surface area contributed by atoms with Crippen molar-refractivity contribution in [1.29, 1.82) is 0 Å². The molecule has 0 N–H and O–H groups in total. The van der Waals surface area contributed by atoms with E-state index in [1.165, 1.54) is 12.7 Å². The van der Waals surface area contributed by atoms with E-state index in [2.05, 4.69) is 43.0 Å². The molecule has 3 rings (SSSR count). The lowest BCUT2D eigenvalue weighted by Gasteiger charge is -2.44. The fourth-order valence-corrected chi connectivity index (χ4v) is 3.68. The van der Waals surface area contributed by atoms with Crippen LogP contribution in [0.5, 0.6) is 0 Å². The van der Waals surface area contributed by atoms with Crippen LogP contribution in [-0.4, -0.2) is 54.0 Å². The fraction of sp³-hybridized carbons (Fsp3) is 0.364. The van der Waals surface area contributed by atoms with Crippen molar-refractivity contribution in [2.75, 3.05) is 20.2 Å². The topological polar surface area (TPSA) is 49.9 Å². The Labute approximate surface area is 160 Å². The van der Waals surface area contributed by atoms with Gasteiger partial charge in [-0.1, -0.05) is 30.3 Å². The minimum Gasteiger partial charge on any atom is -0.465 e. The van der Waals surface area contributed by atoms with Crippen LogP contribution >= 0.6 is 0 Å². The molecule has 5 nitrogen and oxygen atoms in total. The van der Waals surface area contributed by atoms with Gasteiger partial charge in [0.25, 0.3) is 5.91 Å². The number of piperazine rings is 1. The number of hydrogen-bond acceptors (Lipinski definition) is 4. The quantitative estimate of drug-likeness (QED) is 0.780. The van der Waals surface area contributed by atoms with Crippen molar-refractivity contribution in [3.05, 3.63) is 71.3 Å². The highest BCUT2D eigenvalue weighted by Crippen LogP contribution is 2.21. The summed E-state index contributed by atoms with van der Waals surface area (Å²) < 4.78 is 4.70. The van der Waals surface area contributed by atoms with Gasteiger partial charge in [-0.15, -0.1) is 0 Å². The summed E-state index contributed by atoms with van der Waals surface area (Å²) in [6, 6.07) is 17.6. The van der Waals surface area contributed by atoms with Crippen LogP contribution in [0.4, 0.5) is 0 Å². The summed E-state index contributed by atoms with van der Waals surface area (Å²) in [5.74, 6) is -0.393. The van der Waals surface area contributed by atoms with Crippen molar-refractivity contribution in [2.24, 2.45) is 0 Å². The molecule has 1 heterocycles. The van der Waals surface area contributed by atoms with Crippen LogP contribution in [0.15, 0.2) is 54.6 Å². The second kappa shape index (κ2) is 8.35. The van der Waals surface area contributed by atoms with Crippen molar-refractivity contribution in [3.8, 4) is 0 Å². The first-order valence-corrected chi connectivity index (χ1v) is 9.27. The van der Waals surface area contributed by atoms with Gasteiger partial charge in [0.2, 0.25) is 0 Å². The van der Waals surface area contributed by atoms with Crippen LogP contribution in [0.3, 0.4) is 0 Å². The lowest BCUT2D eigenvalue weighted by molar-refractivity contribution is 0.0269. The molecule has 0 saturated carbocycles. The summed E-state index contributed by atoms with van der Waals surface area (Å²) in [6.07, 6.45) is 0. The van der Waals surface area contributed by atoms with Gasteiger partial charge < -0.3 is 9.64 Å². The molecule has 0 bridgehead atoms. The van der Waals surface area contributed by atoms with E-state index in [4.69, 9.17) is 4.74 Å². The Bertz CT molecular complexity index is 777. The van der Waals surface area contributed by atoms with Crippen molar-refractivity contribution >= 4 is 11.9 Å². The Balaban J connectivity index is 1.67. The Morgan fingerprint density at radius 3 is 2.04 bits per heavy atom. The number of esters is 1. The molecule has 0 aliphatic carbocycles. The molecule has 142 valence electrons. The number of methoxy groups -OCH3 is 1. The van der Waals surface area contributed by atoms with Gasteiger partial charge in [-0.3, -0.25) is 9.69 Å². The van der Waals surface area contributed by atoms with Crippen LogP contribution in [0.25, 0.3) is 0 Å². The van der Waals surface area contributed by atoms with Crippen LogP contribution in [0.2, 0.25) is 0 Å². The number of benzene rings is 2. The molecule has 2 atom stereocenters. The maximum Gasteiger partial charge on any atom is 0.337 e. The zero-order valence-electron chi connectivity index (χ0n) is 16.1. The minimum absolute atomic E-state index is 0.00415. The highest BCUT2D eigenvalue weighted by molar-refractivity contribution is 5.96. The third kappa shape index (κ3) is 4.37. The molecule has 1 aliphatic heterocycles. The van der Waals surface area contributed by atoms with E-state index in [0.29, 0.717) is 24.2 Å². The van der Waals surface area contributed by atoms with E-state index >= 15 is 0 Å². The molecule has 1 amide bonds. The van der Waals surface area contributed by atoms with Gasteiger partial charge in [-0.05, 0) is 43.7 Å². The third-order valence-corrected chi connectivity index (χ3v) is 5.15. The molecule has 27 heavy (non-hydrogen) atoms. The predicted molar refractivity (Wildman–Crippen MR) is 105 cm³/mol. The van der Waals surface area contributed by atoms with E-state index in [0.717, 1.165) is 6.54 Å². The number of carbonyl (C=O) groups is 2. The molecule has 1 saturated heterocycles. The van der Waals surface area contributed by atoms with Gasteiger partial charge in [0.05, 0.1) is 12.7 Å². The smallest absolute Gasteiger partial charge is 0.337 e. The summed E-state index contributed by atoms with van der Waals surface area (Å²) in [7, 11) is 1.35. The SMILES string of the molecule is COC(=O)c1ccc(C(=O)N2C[C@@H](C)N(Cc3ccccc3)[C@@H](C)C2)cc1. The predicted octanol–water partition coefficient (Wildman–Crippen LogP) is 3.21. The van der Waals surface area contributed by atoms with Crippen molar-refractivity contribution in [2.45, 2.75) is 32.5 Å². The molecule has 1 aliphatic rings. The van der Waals surface area contributed by atoms with Gasteiger partial charge in [0.15, 0.2) is 0 Å². The zero-order valence-corrected chi connectivity index (χ0v) is 16.1. The standard InChI is InChI=1S/C22H26N2O3/c1-16-13-23(14-17(2)24(16)15-18-7-5-4-6-8-18)21(25)19-9-11-20(12-10-19)22(26)27-3/h4-12,16-17H,13-15H2,1-3H3/t16-,17+. The summed E-state index contributed by atoms with van der Waals surface area (Å²) in [6.45, 7) is 6.60. The summed E-state index contributed by atoms with van der Waals surface area (Å²) in [5.41, 5.74) is 2.33. The van der Waals surface area contributed by atoms with E-state index in [-0.39, 0.29) is 18.0 Å². The molecule has 0 radical (unpaired) electrons. The Morgan fingerprint density at radius 1 is 0.926 bits per heavy atom. The van der Waals surface area contributed by atoms with Gasteiger partial charge in [-0.2, -0.15) is 0 Å². The number of rotatable bonds is 4. The summed E-state index contributed by atoms with van der Waals surface area (Å²) in [4.78, 5) is 28.8. The lowest BCUT2D eigenvalue weighted by atomic mass is 10.0. The number of hydrogen-bond donors (Lipinski definition) is 0. The second-order valence-corrected chi connectivity index (χ2v) is 7.14. The van der Waals surface area contributed by atoms with Gasteiger partial charge in [-0.25, -0.2) is 4.79 Å². The van der Waals surface area contributed by atoms with Crippen LogP contribution in [0.1, 0.15) is 40.1 Å². The maximum absolute atomic E-state index is 12.9. The number of ether oxygens (including phenoxy) is 1. The molecule has 0 aromatic heterocycles. The molecule has 2 aromatic carbocycles. The minimum atomic E-state index is -0.397. The van der Waals surface area contributed by atoms with Crippen LogP contribution in [0, 0.1) is 0 Å². The fourth-order valence-electron chi connectivity index (χ4n) is 3.68. The number of nitrogens with zero attached hydrogens (tertiary/aromatic N) is 2. The summed E-state index contributed by atoms with van der Waals surface area (Å²) in [5, 5.41) is 0. The molecule has 5 heteroatoms. The summed E-state index contributed by atoms with van der Waals surface area (Å²) >= 11 is 0. The first-order valence-electron chi connectivity index (χ1n) is 9.27. The molecule has 1 fully saturated rings. The number of carbonyl (C=O) groups excluding carboxylic acids is 2. The molecule has 0 spiro atoms. The Hall–Kier alpha value is -2.66.